The molecule has 0 bridgehead atoms. The molecule has 2 aromatic rings. The van der Waals surface area contributed by atoms with Crippen LogP contribution in [0.4, 0.5) is 0 Å². The van der Waals surface area contributed by atoms with E-state index in [0.29, 0.717) is 5.56 Å². The van der Waals surface area contributed by atoms with E-state index >= 15 is 0 Å². The number of pyridine rings is 1. The number of hydrogen-bond donors (Lipinski definition) is 0. The molecule has 0 amide bonds. The minimum atomic E-state index is -0.0480. The van der Waals surface area contributed by atoms with E-state index in [-0.39, 0.29) is 5.41 Å². The molecule has 2 heterocycles. The summed E-state index contributed by atoms with van der Waals surface area (Å²) < 4.78 is 1.92. The summed E-state index contributed by atoms with van der Waals surface area (Å²) >= 11 is 0. The van der Waals surface area contributed by atoms with Crippen LogP contribution < -0.4 is 0 Å². The molecule has 0 aliphatic rings. The number of hydrogen-bond acceptors (Lipinski definition) is 3. The van der Waals surface area contributed by atoms with Crippen LogP contribution in [-0.4, -0.2) is 14.6 Å². The van der Waals surface area contributed by atoms with Crippen LogP contribution in [-0.2, 0) is 5.41 Å². The van der Waals surface area contributed by atoms with Crippen LogP contribution in [0.15, 0.2) is 18.3 Å². The van der Waals surface area contributed by atoms with Gasteiger partial charge in [-0.25, -0.2) is 0 Å². The third-order valence-corrected chi connectivity index (χ3v) is 2.21. The molecular weight excluding hydrogens is 188 g/mol. The molecule has 0 saturated heterocycles. The summed E-state index contributed by atoms with van der Waals surface area (Å²) in [4.78, 5) is 0. The van der Waals surface area contributed by atoms with Crippen LogP contribution in [0.1, 0.15) is 32.2 Å². The van der Waals surface area contributed by atoms with Crippen LogP contribution in [0.5, 0.6) is 0 Å². The maximum Gasteiger partial charge on any atom is 0.162 e. The standard InChI is InChI=1S/C11H12N4/c1-11(2,3)10-14-13-9-6-8(7-12)4-5-15(9)10/h4-6H,1-3H3. The van der Waals surface area contributed by atoms with Crippen molar-refractivity contribution in [3.63, 3.8) is 0 Å². The van der Waals surface area contributed by atoms with Crippen LogP contribution in [0.2, 0.25) is 0 Å². The third-order valence-electron chi connectivity index (χ3n) is 2.21. The second-order valence-corrected chi connectivity index (χ2v) is 4.53. The molecule has 0 atom stereocenters. The van der Waals surface area contributed by atoms with Gasteiger partial charge in [-0.2, -0.15) is 5.26 Å². The van der Waals surface area contributed by atoms with Crippen LogP contribution in [0.25, 0.3) is 5.65 Å². The van der Waals surface area contributed by atoms with Gasteiger partial charge in [0.1, 0.15) is 5.82 Å². The van der Waals surface area contributed by atoms with E-state index in [1.54, 1.807) is 12.1 Å². The monoisotopic (exact) mass is 200 g/mol. The Kier molecular flexibility index (Phi) is 1.97. The maximum absolute atomic E-state index is 8.76. The Morgan fingerprint density at radius 1 is 1.33 bits per heavy atom. The number of nitriles is 1. The lowest BCUT2D eigenvalue weighted by atomic mass is 9.96. The molecule has 0 spiro atoms. The Labute approximate surface area is 88.2 Å². The summed E-state index contributed by atoms with van der Waals surface area (Å²) in [6.07, 6.45) is 1.84. The summed E-state index contributed by atoms with van der Waals surface area (Å²) in [6.45, 7) is 6.25. The maximum atomic E-state index is 8.76. The number of nitrogens with zero attached hydrogens (tertiary/aromatic N) is 4. The van der Waals surface area contributed by atoms with Gasteiger partial charge >= 0.3 is 0 Å². The zero-order valence-corrected chi connectivity index (χ0v) is 9.02. The summed E-state index contributed by atoms with van der Waals surface area (Å²) in [5, 5.41) is 17.0. The third kappa shape index (κ3) is 1.57. The molecule has 0 saturated carbocycles. The average Bonchev–Trinajstić information content (AvgIpc) is 2.59. The Morgan fingerprint density at radius 2 is 2.07 bits per heavy atom. The fraction of sp³-hybridized carbons (Fsp3) is 0.364. The molecule has 0 radical (unpaired) electrons. The van der Waals surface area contributed by atoms with E-state index < -0.39 is 0 Å². The van der Waals surface area contributed by atoms with Gasteiger partial charge < -0.3 is 0 Å². The topological polar surface area (TPSA) is 54.0 Å². The lowest BCUT2D eigenvalue weighted by Gasteiger charge is -2.15. The average molecular weight is 200 g/mol. The largest absolute Gasteiger partial charge is 0.286 e. The second kappa shape index (κ2) is 3.06. The molecule has 15 heavy (non-hydrogen) atoms. The first-order valence-electron chi connectivity index (χ1n) is 4.78. The first-order valence-corrected chi connectivity index (χ1v) is 4.78. The van der Waals surface area contributed by atoms with Crippen molar-refractivity contribution in [1.29, 1.82) is 5.26 Å². The molecular formula is C11H12N4. The van der Waals surface area contributed by atoms with Gasteiger partial charge in [0, 0.05) is 17.7 Å². The molecule has 0 fully saturated rings. The highest BCUT2D eigenvalue weighted by Gasteiger charge is 2.20. The van der Waals surface area contributed by atoms with Crippen LogP contribution in [0, 0.1) is 11.3 Å². The van der Waals surface area contributed by atoms with Gasteiger partial charge in [0.2, 0.25) is 0 Å². The van der Waals surface area contributed by atoms with Crippen LogP contribution in [0.3, 0.4) is 0 Å². The first-order chi connectivity index (χ1) is 7.02. The normalized spacial score (nSPS) is 11.6. The lowest BCUT2D eigenvalue weighted by molar-refractivity contribution is 0.539. The zero-order chi connectivity index (χ0) is 11.1. The molecule has 76 valence electrons. The zero-order valence-electron chi connectivity index (χ0n) is 9.02. The van der Waals surface area contributed by atoms with Crippen molar-refractivity contribution in [2.24, 2.45) is 0 Å². The van der Waals surface area contributed by atoms with Crippen molar-refractivity contribution in [2.75, 3.05) is 0 Å². The minimum absolute atomic E-state index is 0.0480. The Bertz CT molecular complexity index is 540. The van der Waals surface area contributed by atoms with Gasteiger partial charge in [-0.3, -0.25) is 4.40 Å². The lowest BCUT2D eigenvalue weighted by Crippen LogP contribution is -2.15. The van der Waals surface area contributed by atoms with Crippen LogP contribution >= 0.6 is 0 Å². The molecule has 0 aromatic carbocycles. The highest BCUT2D eigenvalue weighted by atomic mass is 15.2. The van der Waals surface area contributed by atoms with Gasteiger partial charge in [0.15, 0.2) is 5.65 Å². The van der Waals surface area contributed by atoms with Gasteiger partial charge in [0.25, 0.3) is 0 Å². The highest BCUT2D eigenvalue weighted by molar-refractivity contribution is 5.46. The van der Waals surface area contributed by atoms with Crippen molar-refractivity contribution in [3.8, 4) is 6.07 Å². The van der Waals surface area contributed by atoms with Crippen molar-refractivity contribution in [2.45, 2.75) is 26.2 Å². The van der Waals surface area contributed by atoms with Gasteiger partial charge in [-0.1, -0.05) is 20.8 Å². The van der Waals surface area contributed by atoms with E-state index in [4.69, 9.17) is 5.26 Å². The van der Waals surface area contributed by atoms with Crippen molar-refractivity contribution in [1.82, 2.24) is 14.6 Å². The quantitative estimate of drug-likeness (QED) is 0.652. The molecule has 0 N–H and O–H groups in total. The predicted molar refractivity (Wildman–Crippen MR) is 56.4 cm³/mol. The molecule has 2 aromatic heterocycles. The molecule has 2 rings (SSSR count). The minimum Gasteiger partial charge on any atom is -0.286 e. The summed E-state index contributed by atoms with van der Waals surface area (Å²) in [5.41, 5.74) is 1.28. The molecule has 0 unspecified atom stereocenters. The van der Waals surface area contributed by atoms with E-state index in [9.17, 15) is 0 Å². The fourth-order valence-corrected chi connectivity index (χ4v) is 1.47. The van der Waals surface area contributed by atoms with Gasteiger partial charge in [-0.15, -0.1) is 10.2 Å². The molecule has 4 heteroatoms. The number of fused-ring (bicyclic) bond motifs is 1. The van der Waals surface area contributed by atoms with Crippen molar-refractivity contribution < 1.29 is 0 Å². The van der Waals surface area contributed by atoms with Crippen molar-refractivity contribution in [3.05, 3.63) is 29.7 Å². The highest BCUT2D eigenvalue weighted by Crippen LogP contribution is 2.20. The molecule has 4 nitrogen and oxygen atoms in total. The van der Waals surface area contributed by atoms with Gasteiger partial charge in [0.05, 0.1) is 11.6 Å². The SMILES string of the molecule is CC(C)(C)c1nnc2cc(C#N)ccn12. The Balaban J connectivity index is 2.69. The second-order valence-electron chi connectivity index (χ2n) is 4.53. The Hall–Kier alpha value is -1.89. The van der Waals surface area contributed by atoms with E-state index in [2.05, 4.69) is 37.0 Å². The van der Waals surface area contributed by atoms with E-state index in [1.807, 2.05) is 10.6 Å². The summed E-state index contributed by atoms with van der Waals surface area (Å²) in [7, 11) is 0. The summed E-state index contributed by atoms with van der Waals surface area (Å²) in [6, 6.07) is 5.59. The number of aromatic nitrogens is 3. The number of rotatable bonds is 0. The summed E-state index contributed by atoms with van der Waals surface area (Å²) in [5.74, 6) is 0.905. The molecule has 0 aliphatic heterocycles. The Morgan fingerprint density at radius 3 is 2.67 bits per heavy atom. The van der Waals surface area contributed by atoms with Crippen molar-refractivity contribution >= 4 is 5.65 Å². The first kappa shape index (κ1) is 9.66. The van der Waals surface area contributed by atoms with E-state index in [0.717, 1.165) is 11.5 Å². The predicted octanol–water partition coefficient (Wildman–Crippen LogP) is 1.90. The smallest absolute Gasteiger partial charge is 0.162 e. The molecule has 0 aliphatic carbocycles. The fourth-order valence-electron chi connectivity index (χ4n) is 1.47. The van der Waals surface area contributed by atoms with E-state index in [1.165, 1.54) is 0 Å². The van der Waals surface area contributed by atoms with Gasteiger partial charge in [-0.05, 0) is 6.07 Å².